The van der Waals surface area contributed by atoms with Gasteiger partial charge in [-0.25, -0.2) is 0 Å². The summed E-state index contributed by atoms with van der Waals surface area (Å²) in [5.74, 6) is -5.84. The molecule has 2 unspecified atom stereocenters. The normalized spacial score (nSPS) is 27.1. The van der Waals surface area contributed by atoms with Gasteiger partial charge in [-0.15, -0.1) is 0 Å². The van der Waals surface area contributed by atoms with Gasteiger partial charge in [0.25, 0.3) is 0 Å². The lowest BCUT2D eigenvalue weighted by molar-refractivity contribution is -0.517. The molecule has 0 aromatic heterocycles. The molecular weight excluding hydrogens is 382 g/mol. The molecule has 2 rings (SSSR count). The molecule has 10 heteroatoms. The molecule has 1 aliphatic heterocycles. The zero-order valence-electron chi connectivity index (χ0n) is 11.5. The van der Waals surface area contributed by atoms with E-state index < -0.39 is 11.9 Å². The van der Waals surface area contributed by atoms with Crippen molar-refractivity contribution in [2.75, 3.05) is 13.2 Å². The van der Waals surface area contributed by atoms with Crippen LogP contribution in [-0.4, -0.2) is 35.4 Å². The molecule has 2 atom stereocenters. The van der Waals surface area contributed by atoms with E-state index in [9.17, 15) is 10.2 Å². The molecule has 1 aromatic carbocycles. The summed E-state index contributed by atoms with van der Waals surface area (Å²) in [6.45, 7) is 3.06. The van der Waals surface area contributed by atoms with Crippen LogP contribution in [0.3, 0.4) is 0 Å². The summed E-state index contributed by atoms with van der Waals surface area (Å²) in [6, 6.07) is 0. The van der Waals surface area contributed by atoms with E-state index >= 15 is 0 Å². The molecule has 22 heavy (non-hydrogen) atoms. The van der Waals surface area contributed by atoms with Crippen molar-refractivity contribution in [3.05, 3.63) is 20.1 Å². The smallest absolute Gasteiger partial charge is 0.425 e. The standard InChI is InChI=1S/C12H12Cl4O6/c1-3-19-11(17)12(18,20-4-2)22-10-8(16)6(14)5(13)7(15)9(10)21-11/h17-18H,3-4H2,1-2H3. The summed E-state index contributed by atoms with van der Waals surface area (Å²) in [4.78, 5) is 0. The first kappa shape index (κ1) is 18.2. The fourth-order valence-corrected chi connectivity index (χ4v) is 2.71. The van der Waals surface area contributed by atoms with Crippen LogP contribution in [0.5, 0.6) is 11.5 Å². The highest BCUT2D eigenvalue weighted by molar-refractivity contribution is 6.53. The van der Waals surface area contributed by atoms with E-state index in [0.29, 0.717) is 0 Å². The third-order valence-electron chi connectivity index (χ3n) is 2.74. The summed E-state index contributed by atoms with van der Waals surface area (Å²) in [6.07, 6.45) is 0. The molecule has 0 fully saturated rings. The van der Waals surface area contributed by atoms with Crippen molar-refractivity contribution in [3.8, 4) is 11.5 Å². The number of fused-ring (bicyclic) bond motifs is 1. The van der Waals surface area contributed by atoms with Crippen LogP contribution in [0, 0.1) is 0 Å². The Hall–Kier alpha value is -0.180. The fraction of sp³-hybridized carbons (Fsp3) is 0.500. The Labute approximate surface area is 146 Å². The molecule has 1 aliphatic rings. The summed E-state index contributed by atoms with van der Waals surface area (Å²) in [5.41, 5.74) is 0. The topological polar surface area (TPSA) is 77.4 Å². The van der Waals surface area contributed by atoms with Crippen LogP contribution in [0.2, 0.25) is 20.1 Å². The van der Waals surface area contributed by atoms with E-state index in [1.54, 1.807) is 13.8 Å². The summed E-state index contributed by atoms with van der Waals surface area (Å²) < 4.78 is 20.5. The average molecular weight is 394 g/mol. The van der Waals surface area contributed by atoms with Gasteiger partial charge in [-0.05, 0) is 13.8 Å². The SMILES string of the molecule is CCOC1(O)Oc2c(Cl)c(Cl)c(Cl)c(Cl)c2OC1(O)OCC. The van der Waals surface area contributed by atoms with Gasteiger partial charge in [0.2, 0.25) is 0 Å². The first-order valence-corrected chi connectivity index (χ1v) is 7.68. The molecule has 124 valence electrons. The molecule has 6 nitrogen and oxygen atoms in total. The highest BCUT2D eigenvalue weighted by atomic mass is 35.5. The molecule has 0 amide bonds. The quantitative estimate of drug-likeness (QED) is 0.463. The lowest BCUT2D eigenvalue weighted by atomic mass is 10.2. The van der Waals surface area contributed by atoms with Crippen molar-refractivity contribution in [3.63, 3.8) is 0 Å². The zero-order valence-corrected chi connectivity index (χ0v) is 14.5. The molecule has 0 spiro atoms. The van der Waals surface area contributed by atoms with Gasteiger partial charge in [-0.3, -0.25) is 0 Å². The summed E-state index contributed by atoms with van der Waals surface area (Å²) in [7, 11) is 0. The van der Waals surface area contributed by atoms with Crippen molar-refractivity contribution in [2.45, 2.75) is 25.8 Å². The van der Waals surface area contributed by atoms with E-state index in [4.69, 9.17) is 65.4 Å². The highest BCUT2D eigenvalue weighted by Crippen LogP contribution is 2.55. The number of rotatable bonds is 4. The lowest BCUT2D eigenvalue weighted by Crippen LogP contribution is -2.66. The number of hydrogen-bond acceptors (Lipinski definition) is 6. The van der Waals surface area contributed by atoms with Gasteiger partial charge in [-0.2, -0.15) is 0 Å². The minimum Gasteiger partial charge on any atom is -0.426 e. The molecule has 0 aliphatic carbocycles. The van der Waals surface area contributed by atoms with Crippen LogP contribution in [0.4, 0.5) is 0 Å². The van der Waals surface area contributed by atoms with Gasteiger partial charge in [0, 0.05) is 0 Å². The van der Waals surface area contributed by atoms with E-state index in [1.165, 1.54) is 0 Å². The minimum atomic E-state index is -2.69. The molecular formula is C12H12Cl4O6. The summed E-state index contributed by atoms with van der Waals surface area (Å²) in [5, 5.41) is 20.3. The number of halogens is 4. The van der Waals surface area contributed by atoms with Crippen LogP contribution < -0.4 is 9.47 Å². The maximum absolute atomic E-state index is 10.4. The second-order valence-electron chi connectivity index (χ2n) is 4.15. The first-order chi connectivity index (χ1) is 10.2. The number of hydrogen-bond donors (Lipinski definition) is 2. The Balaban J connectivity index is 2.64. The molecule has 0 radical (unpaired) electrons. The predicted molar refractivity (Wildman–Crippen MR) is 80.9 cm³/mol. The third-order valence-corrected chi connectivity index (χ3v) is 4.51. The van der Waals surface area contributed by atoms with Gasteiger partial charge in [0.15, 0.2) is 11.5 Å². The predicted octanol–water partition coefficient (Wildman–Crippen LogP) is 3.44. The Morgan fingerprint density at radius 1 is 0.773 bits per heavy atom. The lowest BCUT2D eigenvalue weighted by Gasteiger charge is -2.43. The van der Waals surface area contributed by atoms with Crippen molar-refractivity contribution in [1.29, 1.82) is 0 Å². The van der Waals surface area contributed by atoms with Crippen LogP contribution in [-0.2, 0) is 9.47 Å². The van der Waals surface area contributed by atoms with Crippen molar-refractivity contribution in [1.82, 2.24) is 0 Å². The van der Waals surface area contributed by atoms with Crippen molar-refractivity contribution in [2.24, 2.45) is 0 Å². The average Bonchev–Trinajstić information content (AvgIpc) is 2.46. The van der Waals surface area contributed by atoms with E-state index in [2.05, 4.69) is 0 Å². The number of aliphatic hydroxyl groups is 2. The zero-order chi connectivity index (χ0) is 16.7. The summed E-state index contributed by atoms with van der Waals surface area (Å²) >= 11 is 23.9. The number of benzene rings is 1. The van der Waals surface area contributed by atoms with Gasteiger partial charge in [0.05, 0.1) is 23.3 Å². The molecule has 0 saturated heterocycles. The van der Waals surface area contributed by atoms with E-state index in [0.717, 1.165) is 0 Å². The maximum Gasteiger partial charge on any atom is 0.425 e. The Kier molecular flexibility index (Phi) is 5.26. The molecule has 0 saturated carbocycles. The van der Waals surface area contributed by atoms with Gasteiger partial charge in [-0.1, -0.05) is 46.4 Å². The minimum absolute atomic E-state index is 0.0305. The first-order valence-electron chi connectivity index (χ1n) is 6.17. The molecule has 0 bridgehead atoms. The molecule has 1 heterocycles. The van der Waals surface area contributed by atoms with Gasteiger partial charge >= 0.3 is 11.9 Å². The highest BCUT2D eigenvalue weighted by Gasteiger charge is 2.63. The second-order valence-corrected chi connectivity index (χ2v) is 5.66. The van der Waals surface area contributed by atoms with Crippen molar-refractivity contribution < 1.29 is 29.2 Å². The Morgan fingerprint density at radius 2 is 1.09 bits per heavy atom. The van der Waals surface area contributed by atoms with E-state index in [1.807, 2.05) is 0 Å². The third kappa shape index (κ3) is 2.72. The van der Waals surface area contributed by atoms with E-state index in [-0.39, 0.29) is 44.8 Å². The molecule has 2 N–H and O–H groups in total. The van der Waals surface area contributed by atoms with Gasteiger partial charge in [0.1, 0.15) is 10.0 Å². The van der Waals surface area contributed by atoms with Crippen molar-refractivity contribution >= 4 is 46.4 Å². The second kappa shape index (κ2) is 6.37. The Morgan fingerprint density at radius 3 is 1.36 bits per heavy atom. The Bertz CT molecular complexity index is 547. The van der Waals surface area contributed by atoms with Crippen LogP contribution in [0.1, 0.15) is 13.8 Å². The van der Waals surface area contributed by atoms with Crippen LogP contribution in [0.25, 0.3) is 0 Å². The van der Waals surface area contributed by atoms with Gasteiger partial charge < -0.3 is 29.2 Å². The fourth-order valence-electron chi connectivity index (χ4n) is 1.81. The maximum atomic E-state index is 10.4. The van der Waals surface area contributed by atoms with Crippen LogP contribution >= 0.6 is 46.4 Å². The van der Waals surface area contributed by atoms with Crippen LogP contribution in [0.15, 0.2) is 0 Å². The molecule has 1 aromatic rings. The number of ether oxygens (including phenoxy) is 4. The monoisotopic (exact) mass is 392 g/mol. The largest absolute Gasteiger partial charge is 0.426 e.